The lowest BCUT2D eigenvalue weighted by Gasteiger charge is -2.21. The Morgan fingerprint density at radius 3 is 2.91 bits per heavy atom. The molecular weight excluding hydrogens is 290 g/mol. The number of aromatic nitrogens is 2. The van der Waals surface area contributed by atoms with E-state index in [9.17, 15) is 9.59 Å². The number of benzene rings is 1. The number of amides is 1. The molecule has 0 spiro atoms. The van der Waals surface area contributed by atoms with Gasteiger partial charge in [-0.2, -0.15) is 0 Å². The van der Waals surface area contributed by atoms with Crippen molar-refractivity contribution < 1.29 is 4.79 Å². The molecule has 0 bridgehead atoms. The maximum atomic E-state index is 12.4. The molecule has 1 heterocycles. The molecule has 1 aromatic heterocycles. The normalized spacial score (nSPS) is 16.0. The van der Waals surface area contributed by atoms with E-state index in [-0.39, 0.29) is 17.5 Å². The third-order valence-corrected chi connectivity index (χ3v) is 4.41. The van der Waals surface area contributed by atoms with Gasteiger partial charge in [0.1, 0.15) is 0 Å². The van der Waals surface area contributed by atoms with Gasteiger partial charge in [-0.1, -0.05) is 11.6 Å². The zero-order valence-electron chi connectivity index (χ0n) is 13.5. The van der Waals surface area contributed by atoms with Gasteiger partial charge < -0.3 is 9.88 Å². The molecule has 1 aliphatic carbocycles. The van der Waals surface area contributed by atoms with E-state index in [1.165, 1.54) is 29.3 Å². The Morgan fingerprint density at radius 1 is 1.35 bits per heavy atom. The molecule has 3 rings (SSSR count). The summed E-state index contributed by atoms with van der Waals surface area (Å²) >= 11 is 0. The van der Waals surface area contributed by atoms with Crippen molar-refractivity contribution in [2.45, 2.75) is 38.6 Å². The molecule has 0 unspecified atom stereocenters. The zero-order chi connectivity index (χ0) is 16.4. The smallest absolute Gasteiger partial charge is 0.260 e. The number of fused-ring (bicyclic) bond motifs is 1. The quantitative estimate of drug-likeness (QED) is 0.886. The molecule has 23 heavy (non-hydrogen) atoms. The minimum Gasteiger partial charge on any atom is -0.346 e. The molecule has 5 nitrogen and oxygen atoms in total. The molecule has 0 fully saturated rings. The van der Waals surface area contributed by atoms with Crippen LogP contribution < -0.4 is 10.9 Å². The van der Waals surface area contributed by atoms with Crippen molar-refractivity contribution in [3.05, 3.63) is 52.1 Å². The molecule has 1 atom stereocenters. The first-order chi connectivity index (χ1) is 11.1. The van der Waals surface area contributed by atoms with Crippen LogP contribution in [0, 0.1) is 0 Å². The zero-order valence-corrected chi connectivity index (χ0v) is 13.5. The van der Waals surface area contributed by atoms with Crippen molar-refractivity contribution >= 4 is 16.8 Å². The number of rotatable bonds is 3. The second kappa shape index (κ2) is 6.36. The molecular formula is C18H21N3O2. The minimum absolute atomic E-state index is 0.0371. The van der Waals surface area contributed by atoms with E-state index >= 15 is 0 Å². The van der Waals surface area contributed by atoms with E-state index < -0.39 is 0 Å². The summed E-state index contributed by atoms with van der Waals surface area (Å²) in [5.41, 5.74) is 2.27. The van der Waals surface area contributed by atoms with Crippen molar-refractivity contribution in [3.8, 4) is 0 Å². The highest BCUT2D eigenvalue weighted by Crippen LogP contribution is 2.20. The molecule has 1 aromatic carbocycles. The van der Waals surface area contributed by atoms with Gasteiger partial charge in [-0.25, -0.2) is 4.98 Å². The molecule has 1 amide bonds. The molecule has 5 heteroatoms. The SMILES string of the molecule is C[C@@H](NC(=O)c1ccc2c(=O)n(C)cnc2c1)C1=CCCCC1. The average molecular weight is 311 g/mol. The number of carbonyl (C=O) groups excluding carboxylic acids is 1. The maximum absolute atomic E-state index is 12.4. The van der Waals surface area contributed by atoms with E-state index in [0.29, 0.717) is 16.5 Å². The van der Waals surface area contributed by atoms with Gasteiger partial charge in [0.15, 0.2) is 0 Å². The van der Waals surface area contributed by atoms with Crippen LogP contribution >= 0.6 is 0 Å². The molecule has 120 valence electrons. The largest absolute Gasteiger partial charge is 0.346 e. The second-order valence-corrected chi connectivity index (χ2v) is 6.11. The first-order valence-electron chi connectivity index (χ1n) is 8.01. The summed E-state index contributed by atoms with van der Waals surface area (Å²) in [5, 5.41) is 3.56. The van der Waals surface area contributed by atoms with Crippen LogP contribution in [0.2, 0.25) is 0 Å². The number of allylic oxidation sites excluding steroid dienone is 1. The van der Waals surface area contributed by atoms with Gasteiger partial charge in [0.25, 0.3) is 11.5 Å². The van der Waals surface area contributed by atoms with Crippen LogP contribution in [-0.2, 0) is 7.05 Å². The number of aryl methyl sites for hydroxylation is 1. The van der Waals surface area contributed by atoms with E-state index in [4.69, 9.17) is 0 Å². The lowest BCUT2D eigenvalue weighted by atomic mass is 9.94. The fourth-order valence-corrected chi connectivity index (χ4v) is 2.98. The van der Waals surface area contributed by atoms with Gasteiger partial charge in [0, 0.05) is 18.7 Å². The highest BCUT2D eigenvalue weighted by Gasteiger charge is 2.16. The van der Waals surface area contributed by atoms with Crippen LogP contribution in [0.4, 0.5) is 0 Å². The topological polar surface area (TPSA) is 64.0 Å². The third-order valence-electron chi connectivity index (χ3n) is 4.41. The molecule has 0 saturated carbocycles. The highest BCUT2D eigenvalue weighted by molar-refractivity contribution is 5.97. The van der Waals surface area contributed by atoms with Gasteiger partial charge in [0.2, 0.25) is 0 Å². The Balaban J connectivity index is 1.82. The fourth-order valence-electron chi connectivity index (χ4n) is 2.98. The van der Waals surface area contributed by atoms with Gasteiger partial charge in [-0.05, 0) is 50.8 Å². The van der Waals surface area contributed by atoms with Crippen LogP contribution in [0.5, 0.6) is 0 Å². The predicted octanol–water partition coefficient (Wildman–Crippen LogP) is 2.55. The average Bonchev–Trinajstić information content (AvgIpc) is 2.58. The Bertz CT molecular complexity index is 836. The number of nitrogens with one attached hydrogen (secondary N) is 1. The Kier molecular flexibility index (Phi) is 4.28. The molecule has 2 aromatic rings. The third kappa shape index (κ3) is 3.18. The van der Waals surface area contributed by atoms with Crippen LogP contribution in [0.3, 0.4) is 0 Å². The number of hydrogen-bond acceptors (Lipinski definition) is 3. The van der Waals surface area contributed by atoms with Gasteiger partial charge >= 0.3 is 0 Å². The predicted molar refractivity (Wildman–Crippen MR) is 90.5 cm³/mol. The van der Waals surface area contributed by atoms with Crippen molar-refractivity contribution in [1.82, 2.24) is 14.9 Å². The highest BCUT2D eigenvalue weighted by atomic mass is 16.1. The molecule has 1 aliphatic rings. The summed E-state index contributed by atoms with van der Waals surface area (Å²) in [6, 6.07) is 5.07. The number of nitrogens with zero attached hydrogens (tertiary/aromatic N) is 2. The van der Waals surface area contributed by atoms with Crippen LogP contribution in [0.1, 0.15) is 43.0 Å². The van der Waals surface area contributed by atoms with Gasteiger partial charge in [0.05, 0.1) is 17.2 Å². The first-order valence-corrected chi connectivity index (χ1v) is 8.01. The lowest BCUT2D eigenvalue weighted by Crippen LogP contribution is -2.34. The van der Waals surface area contributed by atoms with Crippen molar-refractivity contribution in [1.29, 1.82) is 0 Å². The fraction of sp³-hybridized carbons (Fsp3) is 0.389. The lowest BCUT2D eigenvalue weighted by molar-refractivity contribution is 0.0944. The van der Waals surface area contributed by atoms with Gasteiger partial charge in [-0.15, -0.1) is 0 Å². The molecule has 0 radical (unpaired) electrons. The van der Waals surface area contributed by atoms with E-state index in [0.717, 1.165) is 12.8 Å². The summed E-state index contributed by atoms with van der Waals surface area (Å²) in [5.74, 6) is -0.131. The molecule has 1 N–H and O–H groups in total. The standard InChI is InChI=1S/C18H21N3O2/c1-12(13-6-4-3-5-7-13)20-17(22)14-8-9-15-16(10-14)19-11-21(2)18(15)23/h6,8-12H,3-5,7H2,1-2H3,(H,20,22)/t12-/m1/s1. The first kappa shape index (κ1) is 15.5. The monoisotopic (exact) mass is 311 g/mol. The summed E-state index contributed by atoms with van der Waals surface area (Å²) in [6.45, 7) is 2.02. The van der Waals surface area contributed by atoms with E-state index in [1.807, 2.05) is 6.92 Å². The van der Waals surface area contributed by atoms with E-state index in [1.54, 1.807) is 25.2 Å². The van der Waals surface area contributed by atoms with E-state index in [2.05, 4.69) is 16.4 Å². The number of carbonyl (C=O) groups is 1. The Hall–Kier alpha value is -2.43. The maximum Gasteiger partial charge on any atom is 0.260 e. The number of hydrogen-bond donors (Lipinski definition) is 1. The summed E-state index contributed by atoms with van der Waals surface area (Å²) < 4.78 is 1.43. The minimum atomic E-state index is -0.131. The molecule has 0 aliphatic heterocycles. The summed E-state index contributed by atoms with van der Waals surface area (Å²) in [6.07, 6.45) is 8.28. The second-order valence-electron chi connectivity index (χ2n) is 6.11. The van der Waals surface area contributed by atoms with Gasteiger partial charge in [-0.3, -0.25) is 9.59 Å². The Morgan fingerprint density at radius 2 is 2.17 bits per heavy atom. The summed E-state index contributed by atoms with van der Waals surface area (Å²) in [4.78, 5) is 28.7. The van der Waals surface area contributed by atoms with Crippen LogP contribution in [0.15, 0.2) is 41.0 Å². The molecule has 0 saturated heterocycles. The van der Waals surface area contributed by atoms with Crippen molar-refractivity contribution in [2.75, 3.05) is 0 Å². The van der Waals surface area contributed by atoms with Crippen molar-refractivity contribution in [2.24, 2.45) is 7.05 Å². The van der Waals surface area contributed by atoms with Crippen LogP contribution in [-0.4, -0.2) is 21.5 Å². The summed E-state index contributed by atoms with van der Waals surface area (Å²) in [7, 11) is 1.66. The van der Waals surface area contributed by atoms with Crippen molar-refractivity contribution in [3.63, 3.8) is 0 Å². The Labute approximate surface area is 135 Å². The van der Waals surface area contributed by atoms with Crippen LogP contribution in [0.25, 0.3) is 10.9 Å².